The number of benzene rings is 1. The first-order valence-corrected chi connectivity index (χ1v) is 10.9. The number of sulfone groups is 1. The molecule has 1 aliphatic rings. The lowest BCUT2D eigenvalue weighted by molar-refractivity contribution is 0.0765. The van der Waals surface area contributed by atoms with Crippen LogP contribution in [0.4, 0.5) is 5.69 Å². The number of anilines is 1. The summed E-state index contributed by atoms with van der Waals surface area (Å²) in [6.45, 7) is 2.53. The second-order valence-corrected chi connectivity index (χ2v) is 9.30. The van der Waals surface area contributed by atoms with Crippen LogP contribution in [0.15, 0.2) is 41.6 Å². The first kappa shape index (κ1) is 19.4. The molecule has 1 saturated heterocycles. The Bertz CT molecular complexity index is 897. The molecule has 146 valence electrons. The Morgan fingerprint density at radius 3 is 2.37 bits per heavy atom. The molecule has 1 aromatic heterocycles. The molecular weight excluding hydrogens is 364 g/mol. The fourth-order valence-electron chi connectivity index (χ4n) is 3.50. The van der Waals surface area contributed by atoms with Crippen LogP contribution < -0.4 is 4.90 Å². The molecule has 3 rings (SSSR count). The number of rotatable bonds is 5. The van der Waals surface area contributed by atoms with Crippen LogP contribution in [0, 0.1) is 5.92 Å². The molecule has 27 heavy (non-hydrogen) atoms. The molecule has 0 aliphatic carbocycles. The topological polar surface area (TPSA) is 75.5 Å². The lowest BCUT2D eigenvalue weighted by atomic mass is 9.95. The van der Waals surface area contributed by atoms with E-state index in [2.05, 4.69) is 10.00 Å². The van der Waals surface area contributed by atoms with E-state index >= 15 is 0 Å². The van der Waals surface area contributed by atoms with E-state index in [0.717, 1.165) is 38.2 Å². The Labute approximate surface area is 160 Å². The van der Waals surface area contributed by atoms with Crippen molar-refractivity contribution in [1.29, 1.82) is 0 Å². The molecular formula is C19H26N4O3S. The Kier molecular flexibility index (Phi) is 5.55. The number of amides is 1. The summed E-state index contributed by atoms with van der Waals surface area (Å²) in [6, 6.07) is 7.07. The average Bonchev–Trinajstić information content (AvgIpc) is 3.07. The second-order valence-electron chi connectivity index (χ2n) is 7.28. The Morgan fingerprint density at radius 2 is 1.85 bits per heavy atom. The third-order valence-electron chi connectivity index (χ3n) is 5.08. The summed E-state index contributed by atoms with van der Waals surface area (Å²) < 4.78 is 24.8. The van der Waals surface area contributed by atoms with E-state index < -0.39 is 9.84 Å². The molecule has 0 N–H and O–H groups in total. The van der Waals surface area contributed by atoms with Gasteiger partial charge in [-0.2, -0.15) is 5.10 Å². The quantitative estimate of drug-likeness (QED) is 0.778. The molecule has 0 saturated carbocycles. The van der Waals surface area contributed by atoms with Gasteiger partial charge in [-0.3, -0.25) is 9.48 Å². The van der Waals surface area contributed by atoms with Gasteiger partial charge in [0.15, 0.2) is 9.84 Å². The highest BCUT2D eigenvalue weighted by Crippen LogP contribution is 2.25. The van der Waals surface area contributed by atoms with Crippen molar-refractivity contribution >= 4 is 21.4 Å². The number of hydrogen-bond donors (Lipinski definition) is 0. The van der Waals surface area contributed by atoms with Crippen molar-refractivity contribution in [1.82, 2.24) is 14.7 Å². The zero-order chi connectivity index (χ0) is 19.6. The minimum atomic E-state index is -3.16. The van der Waals surface area contributed by atoms with E-state index in [1.54, 1.807) is 41.2 Å². The van der Waals surface area contributed by atoms with Crippen LogP contribution in [0.2, 0.25) is 0 Å². The monoisotopic (exact) mass is 390 g/mol. The van der Waals surface area contributed by atoms with Crippen LogP contribution in [0.1, 0.15) is 23.2 Å². The SMILES string of the molecule is CN(CC1CCN(c2ccc(S(C)(=O)=O)cc2)CC1)C(=O)c1cnn(C)c1. The Balaban J connectivity index is 1.53. The Morgan fingerprint density at radius 1 is 1.22 bits per heavy atom. The van der Waals surface area contributed by atoms with E-state index in [1.165, 1.54) is 6.26 Å². The predicted molar refractivity (Wildman–Crippen MR) is 105 cm³/mol. The van der Waals surface area contributed by atoms with Crippen molar-refractivity contribution in [2.75, 3.05) is 37.8 Å². The van der Waals surface area contributed by atoms with E-state index in [0.29, 0.717) is 16.4 Å². The molecule has 1 fully saturated rings. The van der Waals surface area contributed by atoms with Crippen LogP contribution in [-0.4, -0.2) is 61.9 Å². The molecule has 7 nitrogen and oxygen atoms in total. The Hall–Kier alpha value is -2.35. The summed E-state index contributed by atoms with van der Waals surface area (Å²) in [4.78, 5) is 16.8. The lowest BCUT2D eigenvalue weighted by Gasteiger charge is -2.35. The first-order chi connectivity index (χ1) is 12.7. The number of carbonyl (C=O) groups excluding carboxylic acids is 1. The minimum Gasteiger partial charge on any atom is -0.372 e. The third-order valence-corrected chi connectivity index (χ3v) is 6.20. The van der Waals surface area contributed by atoms with Gasteiger partial charge in [0.25, 0.3) is 5.91 Å². The highest BCUT2D eigenvalue weighted by molar-refractivity contribution is 7.90. The molecule has 0 unspecified atom stereocenters. The van der Waals surface area contributed by atoms with Gasteiger partial charge in [0, 0.05) is 51.9 Å². The molecule has 0 spiro atoms. The summed E-state index contributed by atoms with van der Waals surface area (Å²) in [5.41, 5.74) is 1.66. The van der Waals surface area contributed by atoms with Gasteiger partial charge in [0.05, 0.1) is 16.7 Å². The molecule has 0 radical (unpaired) electrons. The molecule has 0 bridgehead atoms. The molecule has 2 aromatic rings. The highest BCUT2D eigenvalue weighted by atomic mass is 32.2. The smallest absolute Gasteiger partial charge is 0.256 e. The van der Waals surface area contributed by atoms with Crippen LogP contribution in [0.25, 0.3) is 0 Å². The number of aryl methyl sites for hydroxylation is 1. The van der Waals surface area contributed by atoms with Gasteiger partial charge in [-0.1, -0.05) is 0 Å². The predicted octanol–water partition coefficient (Wildman–Crippen LogP) is 1.81. The van der Waals surface area contributed by atoms with Crippen molar-refractivity contribution in [3.05, 3.63) is 42.2 Å². The number of aromatic nitrogens is 2. The molecule has 0 atom stereocenters. The number of carbonyl (C=O) groups is 1. The van der Waals surface area contributed by atoms with Crippen molar-refractivity contribution in [3.63, 3.8) is 0 Å². The van der Waals surface area contributed by atoms with Gasteiger partial charge in [-0.25, -0.2) is 8.42 Å². The van der Waals surface area contributed by atoms with Crippen LogP contribution in [0.3, 0.4) is 0 Å². The number of nitrogens with zero attached hydrogens (tertiary/aromatic N) is 4. The van der Waals surface area contributed by atoms with Gasteiger partial charge in [-0.05, 0) is 43.0 Å². The van der Waals surface area contributed by atoms with Crippen molar-refractivity contribution in [2.45, 2.75) is 17.7 Å². The zero-order valence-electron chi connectivity index (χ0n) is 16.0. The van der Waals surface area contributed by atoms with E-state index in [-0.39, 0.29) is 5.91 Å². The van der Waals surface area contributed by atoms with Gasteiger partial charge < -0.3 is 9.80 Å². The molecule has 2 heterocycles. The average molecular weight is 391 g/mol. The lowest BCUT2D eigenvalue weighted by Crippen LogP contribution is -2.39. The van der Waals surface area contributed by atoms with E-state index in [4.69, 9.17) is 0 Å². The van der Waals surface area contributed by atoms with Gasteiger partial charge in [0.1, 0.15) is 0 Å². The summed E-state index contributed by atoms with van der Waals surface area (Å²) >= 11 is 0. The fraction of sp³-hybridized carbons (Fsp3) is 0.474. The zero-order valence-corrected chi connectivity index (χ0v) is 16.8. The largest absolute Gasteiger partial charge is 0.372 e. The summed E-state index contributed by atoms with van der Waals surface area (Å²) in [7, 11) is 0.475. The molecule has 1 aliphatic heterocycles. The van der Waals surface area contributed by atoms with E-state index in [9.17, 15) is 13.2 Å². The van der Waals surface area contributed by atoms with Gasteiger partial charge in [-0.15, -0.1) is 0 Å². The minimum absolute atomic E-state index is 0.00175. The number of hydrogen-bond acceptors (Lipinski definition) is 5. The highest BCUT2D eigenvalue weighted by Gasteiger charge is 2.23. The molecule has 8 heteroatoms. The summed E-state index contributed by atoms with van der Waals surface area (Å²) in [6.07, 6.45) is 6.55. The maximum absolute atomic E-state index is 12.4. The van der Waals surface area contributed by atoms with Crippen LogP contribution in [-0.2, 0) is 16.9 Å². The normalized spacial score (nSPS) is 15.7. The van der Waals surface area contributed by atoms with Crippen molar-refractivity contribution in [2.24, 2.45) is 13.0 Å². The second kappa shape index (κ2) is 7.72. The van der Waals surface area contributed by atoms with Crippen molar-refractivity contribution in [3.8, 4) is 0 Å². The van der Waals surface area contributed by atoms with Crippen molar-refractivity contribution < 1.29 is 13.2 Å². The number of piperidine rings is 1. The maximum atomic E-state index is 12.4. The molecule has 1 amide bonds. The van der Waals surface area contributed by atoms with Gasteiger partial charge >= 0.3 is 0 Å². The van der Waals surface area contributed by atoms with Crippen LogP contribution >= 0.6 is 0 Å². The summed E-state index contributed by atoms with van der Waals surface area (Å²) in [5.74, 6) is 0.462. The maximum Gasteiger partial charge on any atom is 0.256 e. The summed E-state index contributed by atoms with van der Waals surface area (Å²) in [5, 5.41) is 4.06. The van der Waals surface area contributed by atoms with E-state index in [1.807, 2.05) is 19.2 Å². The molecule has 1 aromatic carbocycles. The standard InChI is InChI=1S/C19H26N4O3S/c1-21(19(24)16-12-20-22(2)14-16)13-15-8-10-23(11-9-15)17-4-6-18(7-5-17)27(3,25)26/h4-7,12,14-15H,8-11,13H2,1-3H3. The third kappa shape index (κ3) is 4.68. The first-order valence-electron chi connectivity index (χ1n) is 9.03. The van der Waals surface area contributed by atoms with Gasteiger partial charge in [0.2, 0.25) is 0 Å². The fourth-order valence-corrected chi connectivity index (χ4v) is 4.13. The van der Waals surface area contributed by atoms with Crippen LogP contribution in [0.5, 0.6) is 0 Å².